The quantitative estimate of drug-likeness (QED) is 0.856. The van der Waals surface area contributed by atoms with Crippen molar-refractivity contribution in [3.8, 4) is 16.9 Å². The minimum atomic E-state index is -0.975. The highest BCUT2D eigenvalue weighted by Crippen LogP contribution is 2.29. The lowest BCUT2D eigenvalue weighted by Gasteiger charge is -2.04. The molecule has 0 heterocycles. The van der Waals surface area contributed by atoms with E-state index in [0.717, 1.165) is 11.1 Å². The molecule has 4 heteroatoms. The first-order valence-electron chi connectivity index (χ1n) is 4.90. The maximum atomic E-state index is 10.8. The predicted molar refractivity (Wildman–Crippen MR) is 65.5 cm³/mol. The molecule has 0 spiro atoms. The zero-order valence-electron chi connectivity index (χ0n) is 8.72. The van der Waals surface area contributed by atoms with Crippen molar-refractivity contribution in [2.24, 2.45) is 0 Å². The SMILES string of the molecule is O=C(O)c1cccc(-c2ccc(O)c(Cl)c2)c1. The van der Waals surface area contributed by atoms with Crippen LogP contribution in [0.3, 0.4) is 0 Å². The van der Waals surface area contributed by atoms with Crippen molar-refractivity contribution in [2.75, 3.05) is 0 Å². The number of carboxylic acids is 1. The standard InChI is InChI=1S/C13H9ClO3/c14-11-7-9(4-5-12(11)15)8-2-1-3-10(6-8)13(16)17/h1-7,15H,(H,16,17). The number of benzene rings is 2. The minimum absolute atomic E-state index is 0.00445. The van der Waals surface area contributed by atoms with Gasteiger partial charge in [-0.2, -0.15) is 0 Å². The zero-order chi connectivity index (χ0) is 12.4. The number of aromatic carboxylic acids is 1. The second-order valence-corrected chi connectivity index (χ2v) is 3.96. The van der Waals surface area contributed by atoms with Crippen LogP contribution < -0.4 is 0 Å². The first-order valence-corrected chi connectivity index (χ1v) is 5.28. The maximum absolute atomic E-state index is 10.8. The van der Waals surface area contributed by atoms with Gasteiger partial charge in [-0.25, -0.2) is 4.79 Å². The topological polar surface area (TPSA) is 57.5 Å². The van der Waals surface area contributed by atoms with Crippen LogP contribution >= 0.6 is 11.6 Å². The van der Waals surface area contributed by atoms with Crippen molar-refractivity contribution >= 4 is 17.6 Å². The summed E-state index contributed by atoms with van der Waals surface area (Å²) < 4.78 is 0. The van der Waals surface area contributed by atoms with E-state index >= 15 is 0 Å². The van der Waals surface area contributed by atoms with Crippen LogP contribution in [0.15, 0.2) is 42.5 Å². The summed E-state index contributed by atoms with van der Waals surface area (Å²) in [4.78, 5) is 10.8. The van der Waals surface area contributed by atoms with Crippen molar-refractivity contribution in [1.82, 2.24) is 0 Å². The van der Waals surface area contributed by atoms with E-state index in [4.69, 9.17) is 16.7 Å². The van der Waals surface area contributed by atoms with E-state index in [0.29, 0.717) is 0 Å². The maximum Gasteiger partial charge on any atom is 0.335 e. The van der Waals surface area contributed by atoms with Crippen LogP contribution in [-0.2, 0) is 0 Å². The number of aromatic hydroxyl groups is 1. The van der Waals surface area contributed by atoms with Crippen molar-refractivity contribution in [2.45, 2.75) is 0 Å². The Hall–Kier alpha value is -2.00. The summed E-state index contributed by atoms with van der Waals surface area (Å²) >= 11 is 5.80. The Balaban J connectivity index is 2.49. The Morgan fingerprint density at radius 2 is 1.76 bits per heavy atom. The lowest BCUT2D eigenvalue weighted by Crippen LogP contribution is -1.95. The third-order valence-corrected chi connectivity index (χ3v) is 2.69. The van der Waals surface area contributed by atoms with Gasteiger partial charge in [0, 0.05) is 0 Å². The monoisotopic (exact) mass is 248 g/mol. The minimum Gasteiger partial charge on any atom is -0.506 e. The van der Waals surface area contributed by atoms with Gasteiger partial charge in [0.2, 0.25) is 0 Å². The Labute approximate surface area is 103 Å². The lowest BCUT2D eigenvalue weighted by molar-refractivity contribution is 0.0697. The Kier molecular flexibility index (Phi) is 3.02. The number of halogens is 1. The molecule has 0 aromatic heterocycles. The third kappa shape index (κ3) is 2.40. The molecule has 2 rings (SSSR count). The van der Waals surface area contributed by atoms with Crippen LogP contribution in [0.25, 0.3) is 11.1 Å². The number of phenols is 1. The van der Waals surface area contributed by atoms with Crippen molar-refractivity contribution < 1.29 is 15.0 Å². The molecule has 0 radical (unpaired) electrons. The molecule has 0 aliphatic rings. The zero-order valence-corrected chi connectivity index (χ0v) is 9.48. The second kappa shape index (κ2) is 4.47. The second-order valence-electron chi connectivity index (χ2n) is 3.55. The highest BCUT2D eigenvalue weighted by atomic mass is 35.5. The van der Waals surface area contributed by atoms with Crippen LogP contribution in [-0.4, -0.2) is 16.2 Å². The Morgan fingerprint density at radius 3 is 2.41 bits per heavy atom. The van der Waals surface area contributed by atoms with Crippen LogP contribution in [0.5, 0.6) is 5.75 Å². The molecule has 0 atom stereocenters. The molecule has 86 valence electrons. The number of hydrogen-bond donors (Lipinski definition) is 2. The fourth-order valence-corrected chi connectivity index (χ4v) is 1.70. The largest absolute Gasteiger partial charge is 0.506 e. The summed E-state index contributed by atoms with van der Waals surface area (Å²) in [6.45, 7) is 0. The fraction of sp³-hybridized carbons (Fsp3) is 0. The summed E-state index contributed by atoms with van der Waals surface area (Å²) in [6, 6.07) is 11.3. The molecule has 0 fully saturated rings. The van der Waals surface area contributed by atoms with E-state index in [-0.39, 0.29) is 16.3 Å². The molecule has 0 amide bonds. The molecule has 0 bridgehead atoms. The van der Waals surface area contributed by atoms with Gasteiger partial charge in [-0.1, -0.05) is 29.8 Å². The molecule has 17 heavy (non-hydrogen) atoms. The van der Waals surface area contributed by atoms with E-state index < -0.39 is 5.97 Å². The van der Waals surface area contributed by atoms with Gasteiger partial charge in [-0.15, -0.1) is 0 Å². The van der Waals surface area contributed by atoms with Gasteiger partial charge >= 0.3 is 5.97 Å². The molecule has 0 saturated heterocycles. The average molecular weight is 249 g/mol. The normalized spacial score (nSPS) is 10.2. The highest BCUT2D eigenvalue weighted by molar-refractivity contribution is 6.32. The summed E-state index contributed by atoms with van der Waals surface area (Å²) in [5, 5.41) is 18.4. The Bertz CT molecular complexity index is 579. The number of phenolic OH excluding ortho intramolecular Hbond substituents is 1. The number of hydrogen-bond acceptors (Lipinski definition) is 2. The molecule has 0 saturated carbocycles. The summed E-state index contributed by atoms with van der Waals surface area (Å²) in [5.74, 6) is -0.971. The summed E-state index contributed by atoms with van der Waals surface area (Å²) in [7, 11) is 0. The van der Waals surface area contributed by atoms with Gasteiger partial charge in [0.25, 0.3) is 0 Å². The molecular formula is C13H9ClO3. The molecular weight excluding hydrogens is 240 g/mol. The van der Waals surface area contributed by atoms with Gasteiger partial charge in [0.05, 0.1) is 10.6 Å². The van der Waals surface area contributed by atoms with Crippen molar-refractivity contribution in [3.63, 3.8) is 0 Å². The molecule has 0 aliphatic carbocycles. The van der Waals surface area contributed by atoms with Gasteiger partial charge in [0.15, 0.2) is 0 Å². The van der Waals surface area contributed by atoms with Crippen LogP contribution in [0, 0.1) is 0 Å². The van der Waals surface area contributed by atoms with Crippen LogP contribution in [0.4, 0.5) is 0 Å². The third-order valence-electron chi connectivity index (χ3n) is 2.39. The van der Waals surface area contributed by atoms with E-state index in [1.54, 1.807) is 30.3 Å². The molecule has 0 aliphatic heterocycles. The van der Waals surface area contributed by atoms with E-state index in [2.05, 4.69) is 0 Å². The van der Waals surface area contributed by atoms with E-state index in [9.17, 15) is 9.90 Å². The highest BCUT2D eigenvalue weighted by Gasteiger charge is 2.06. The van der Waals surface area contributed by atoms with Crippen LogP contribution in [0.1, 0.15) is 10.4 Å². The first-order chi connectivity index (χ1) is 8.08. The van der Waals surface area contributed by atoms with Gasteiger partial charge in [-0.3, -0.25) is 0 Å². The number of carbonyl (C=O) groups is 1. The molecule has 0 unspecified atom stereocenters. The van der Waals surface area contributed by atoms with Crippen LogP contribution in [0.2, 0.25) is 5.02 Å². The van der Waals surface area contributed by atoms with Gasteiger partial charge in [-0.05, 0) is 35.4 Å². The molecule has 2 N–H and O–H groups in total. The fourth-order valence-electron chi connectivity index (χ4n) is 1.52. The smallest absolute Gasteiger partial charge is 0.335 e. The predicted octanol–water partition coefficient (Wildman–Crippen LogP) is 3.41. The molecule has 3 nitrogen and oxygen atoms in total. The van der Waals surface area contributed by atoms with Crippen molar-refractivity contribution in [3.05, 3.63) is 53.1 Å². The molecule has 2 aromatic rings. The van der Waals surface area contributed by atoms with Crippen molar-refractivity contribution in [1.29, 1.82) is 0 Å². The number of rotatable bonds is 2. The summed E-state index contributed by atoms with van der Waals surface area (Å²) in [6.07, 6.45) is 0. The average Bonchev–Trinajstić information content (AvgIpc) is 2.33. The molecule has 2 aromatic carbocycles. The van der Waals surface area contributed by atoms with Gasteiger partial charge < -0.3 is 10.2 Å². The summed E-state index contributed by atoms with van der Waals surface area (Å²) in [5.41, 5.74) is 1.72. The lowest BCUT2D eigenvalue weighted by atomic mass is 10.0. The first kappa shape index (κ1) is 11.5. The number of carboxylic acid groups (broad SMARTS) is 1. The van der Waals surface area contributed by atoms with E-state index in [1.165, 1.54) is 12.1 Å². The Morgan fingerprint density at radius 1 is 1.06 bits per heavy atom. The van der Waals surface area contributed by atoms with E-state index in [1.807, 2.05) is 0 Å². The van der Waals surface area contributed by atoms with Gasteiger partial charge in [0.1, 0.15) is 5.75 Å².